The van der Waals surface area contributed by atoms with Crippen molar-refractivity contribution in [1.29, 1.82) is 0 Å². The molecule has 0 spiro atoms. The molecule has 2 aromatic heterocycles. The minimum Gasteiger partial charge on any atom is -0.464 e. The number of benzene rings is 8. The first-order valence-electron chi connectivity index (χ1n) is 16.3. The predicted octanol–water partition coefficient (Wildman–Crippen LogP) is 13.3. The fourth-order valence-corrected chi connectivity index (χ4v) is 7.61. The molecule has 0 aliphatic heterocycles. The van der Waals surface area contributed by atoms with Crippen molar-refractivity contribution in [2.45, 2.75) is 0 Å². The summed E-state index contributed by atoms with van der Waals surface area (Å²) in [5.41, 5.74) is 11.9. The summed E-state index contributed by atoms with van der Waals surface area (Å²) in [7, 11) is 0. The molecule has 0 saturated carbocycles. The van der Waals surface area contributed by atoms with E-state index in [1.807, 2.05) is 12.3 Å². The molecule has 0 amide bonds. The molecule has 224 valence electrons. The van der Waals surface area contributed by atoms with Crippen LogP contribution in [0.3, 0.4) is 0 Å². The average molecular weight is 613 g/mol. The van der Waals surface area contributed by atoms with Gasteiger partial charge >= 0.3 is 0 Å². The van der Waals surface area contributed by atoms with E-state index < -0.39 is 0 Å². The standard InChI is InChI=1S/C46H28O2/c1-3-12-29(13-4-1)40-28-47-41-27-26-39-38-21-11-20-33(45(38)48-46(39)44(40)41)30-22-24-32(25-23-30)43-36-18-9-7-16-34(36)42(31-14-5-2-6-15-31)35-17-8-10-19-37(35)43/h1-28H. The van der Waals surface area contributed by atoms with Gasteiger partial charge < -0.3 is 8.83 Å². The van der Waals surface area contributed by atoms with Gasteiger partial charge in [0.05, 0.1) is 11.6 Å². The highest BCUT2D eigenvalue weighted by Gasteiger charge is 2.20. The molecular weight excluding hydrogens is 585 g/mol. The van der Waals surface area contributed by atoms with E-state index in [1.54, 1.807) is 0 Å². The monoisotopic (exact) mass is 612 g/mol. The van der Waals surface area contributed by atoms with Crippen LogP contribution in [-0.4, -0.2) is 0 Å². The van der Waals surface area contributed by atoms with Crippen LogP contribution >= 0.6 is 0 Å². The molecule has 0 aliphatic rings. The van der Waals surface area contributed by atoms with Crippen LogP contribution in [0, 0.1) is 0 Å². The second kappa shape index (κ2) is 10.6. The lowest BCUT2D eigenvalue weighted by molar-refractivity contribution is 0.616. The maximum Gasteiger partial charge on any atom is 0.147 e. The van der Waals surface area contributed by atoms with Crippen LogP contribution in [0.1, 0.15) is 0 Å². The zero-order valence-electron chi connectivity index (χ0n) is 26.0. The normalized spacial score (nSPS) is 11.8. The van der Waals surface area contributed by atoms with Crippen LogP contribution in [0.4, 0.5) is 0 Å². The van der Waals surface area contributed by atoms with E-state index in [9.17, 15) is 0 Å². The molecule has 2 heterocycles. The molecule has 2 nitrogen and oxygen atoms in total. The number of rotatable bonds is 4. The first kappa shape index (κ1) is 26.8. The molecule has 2 heteroatoms. The third-order valence-electron chi connectivity index (χ3n) is 9.77. The first-order chi connectivity index (χ1) is 23.8. The van der Waals surface area contributed by atoms with Crippen molar-refractivity contribution in [1.82, 2.24) is 0 Å². The van der Waals surface area contributed by atoms with E-state index in [4.69, 9.17) is 8.83 Å². The van der Waals surface area contributed by atoms with Crippen LogP contribution < -0.4 is 0 Å². The van der Waals surface area contributed by atoms with Gasteiger partial charge in [0.1, 0.15) is 16.7 Å². The lowest BCUT2D eigenvalue weighted by Gasteiger charge is -2.18. The van der Waals surface area contributed by atoms with Crippen molar-refractivity contribution in [3.63, 3.8) is 0 Å². The Kier molecular flexibility index (Phi) is 5.91. The summed E-state index contributed by atoms with van der Waals surface area (Å²) >= 11 is 0. The fourth-order valence-electron chi connectivity index (χ4n) is 7.61. The van der Waals surface area contributed by atoms with E-state index in [1.165, 1.54) is 43.8 Å². The van der Waals surface area contributed by atoms with Gasteiger partial charge in [0.2, 0.25) is 0 Å². The lowest BCUT2D eigenvalue weighted by atomic mass is 9.85. The second-order valence-electron chi connectivity index (χ2n) is 12.4. The van der Waals surface area contributed by atoms with Crippen LogP contribution in [0.25, 0.3) is 99.0 Å². The Labute approximate surface area is 277 Å². The molecule has 0 aliphatic carbocycles. The molecule has 0 N–H and O–H groups in total. The van der Waals surface area contributed by atoms with Gasteiger partial charge in [-0.25, -0.2) is 0 Å². The topological polar surface area (TPSA) is 26.3 Å². The summed E-state index contributed by atoms with van der Waals surface area (Å²) in [5, 5.41) is 8.21. The summed E-state index contributed by atoms with van der Waals surface area (Å²) in [6, 6.07) is 58.3. The quantitative estimate of drug-likeness (QED) is 0.185. The Morgan fingerprint density at radius 3 is 1.42 bits per heavy atom. The number of para-hydroxylation sites is 1. The zero-order valence-corrected chi connectivity index (χ0v) is 26.0. The largest absolute Gasteiger partial charge is 0.464 e. The average Bonchev–Trinajstić information content (AvgIpc) is 3.77. The number of hydrogen-bond acceptors (Lipinski definition) is 2. The van der Waals surface area contributed by atoms with Gasteiger partial charge in [-0.15, -0.1) is 0 Å². The molecule has 0 bridgehead atoms. The van der Waals surface area contributed by atoms with E-state index in [-0.39, 0.29) is 0 Å². The summed E-state index contributed by atoms with van der Waals surface area (Å²) in [6.07, 6.45) is 1.84. The van der Waals surface area contributed by atoms with Crippen molar-refractivity contribution in [3.05, 3.63) is 170 Å². The molecule has 10 rings (SSSR count). The minimum absolute atomic E-state index is 0.823. The summed E-state index contributed by atoms with van der Waals surface area (Å²) < 4.78 is 12.8. The van der Waals surface area contributed by atoms with Crippen LogP contribution in [0.2, 0.25) is 0 Å². The summed E-state index contributed by atoms with van der Waals surface area (Å²) in [4.78, 5) is 0. The Bertz CT molecular complexity index is 2750. The molecule has 10 aromatic rings. The third kappa shape index (κ3) is 4.00. The van der Waals surface area contributed by atoms with Gasteiger partial charge in [0.25, 0.3) is 0 Å². The zero-order chi connectivity index (χ0) is 31.6. The highest BCUT2D eigenvalue weighted by atomic mass is 16.3. The molecule has 0 atom stereocenters. The number of hydrogen-bond donors (Lipinski definition) is 0. The Hall–Kier alpha value is -6.38. The SMILES string of the molecule is c1ccc(-c2c3ccccc3c(-c3ccc(-c4cccc5c4oc4c5ccc5occ(-c6ccccc6)c54)cc3)c3ccccc23)cc1. The molecule has 0 radical (unpaired) electrons. The van der Waals surface area contributed by atoms with Crippen molar-refractivity contribution >= 4 is 54.5 Å². The van der Waals surface area contributed by atoms with Crippen molar-refractivity contribution in [3.8, 4) is 44.5 Å². The molecule has 48 heavy (non-hydrogen) atoms. The van der Waals surface area contributed by atoms with Gasteiger partial charge in [0, 0.05) is 21.9 Å². The number of fused-ring (bicyclic) bond motifs is 7. The van der Waals surface area contributed by atoms with Gasteiger partial charge in [-0.1, -0.05) is 152 Å². The molecule has 0 unspecified atom stereocenters. The molecular formula is C46H28O2. The van der Waals surface area contributed by atoms with Crippen LogP contribution in [0.15, 0.2) is 179 Å². The van der Waals surface area contributed by atoms with E-state index in [2.05, 4.69) is 158 Å². The van der Waals surface area contributed by atoms with Crippen LogP contribution in [0.5, 0.6) is 0 Å². The minimum atomic E-state index is 0.823. The van der Waals surface area contributed by atoms with E-state index in [0.29, 0.717) is 0 Å². The van der Waals surface area contributed by atoms with E-state index in [0.717, 1.165) is 55.2 Å². The smallest absolute Gasteiger partial charge is 0.147 e. The maximum absolute atomic E-state index is 6.80. The Morgan fingerprint density at radius 1 is 0.312 bits per heavy atom. The summed E-state index contributed by atoms with van der Waals surface area (Å²) in [6.45, 7) is 0. The van der Waals surface area contributed by atoms with Gasteiger partial charge in [-0.05, 0) is 67.1 Å². The van der Waals surface area contributed by atoms with Crippen molar-refractivity contribution in [2.24, 2.45) is 0 Å². The van der Waals surface area contributed by atoms with Gasteiger partial charge in [-0.2, -0.15) is 0 Å². The number of furan rings is 2. The van der Waals surface area contributed by atoms with Crippen molar-refractivity contribution in [2.75, 3.05) is 0 Å². The van der Waals surface area contributed by atoms with E-state index >= 15 is 0 Å². The summed E-state index contributed by atoms with van der Waals surface area (Å²) in [5.74, 6) is 0. The Morgan fingerprint density at radius 2 is 0.792 bits per heavy atom. The maximum atomic E-state index is 6.80. The fraction of sp³-hybridized carbons (Fsp3) is 0. The van der Waals surface area contributed by atoms with Gasteiger partial charge in [-0.3, -0.25) is 0 Å². The van der Waals surface area contributed by atoms with Gasteiger partial charge in [0.15, 0.2) is 0 Å². The lowest BCUT2D eigenvalue weighted by Crippen LogP contribution is -1.90. The third-order valence-corrected chi connectivity index (χ3v) is 9.77. The first-order valence-corrected chi connectivity index (χ1v) is 16.3. The second-order valence-corrected chi connectivity index (χ2v) is 12.4. The highest BCUT2D eigenvalue weighted by molar-refractivity contribution is 6.22. The molecule has 0 saturated heterocycles. The van der Waals surface area contributed by atoms with Crippen LogP contribution in [-0.2, 0) is 0 Å². The highest BCUT2D eigenvalue weighted by Crippen LogP contribution is 2.45. The van der Waals surface area contributed by atoms with Crippen molar-refractivity contribution < 1.29 is 8.83 Å². The Balaban J connectivity index is 1.15. The molecule has 8 aromatic carbocycles. The molecule has 0 fully saturated rings. The predicted molar refractivity (Wildman–Crippen MR) is 200 cm³/mol.